The molecule has 0 fully saturated rings. The normalized spacial score (nSPS) is 10.6. The number of hydrogen-bond donors (Lipinski definition) is 1. The maximum Gasteiger partial charge on any atom is 0.0542 e. The van der Waals surface area contributed by atoms with Gasteiger partial charge in [-0.1, -0.05) is 23.7 Å². The van der Waals surface area contributed by atoms with Crippen LogP contribution in [0, 0.1) is 0 Å². The molecule has 2 aromatic rings. The highest BCUT2D eigenvalue weighted by Crippen LogP contribution is 2.19. The largest absolute Gasteiger partial charge is 0.325 e. The first-order valence-electron chi connectivity index (χ1n) is 5.74. The highest BCUT2D eigenvalue weighted by Gasteiger charge is 1.98. The third-order valence-electron chi connectivity index (χ3n) is 2.54. The summed E-state index contributed by atoms with van der Waals surface area (Å²) in [6.45, 7) is 0.496. The van der Waals surface area contributed by atoms with Crippen LogP contribution in [0.25, 0.3) is 0 Å². The lowest BCUT2D eigenvalue weighted by molar-refractivity contribution is 0.983. The van der Waals surface area contributed by atoms with Crippen LogP contribution in [0.5, 0.6) is 0 Å². The van der Waals surface area contributed by atoms with Gasteiger partial charge in [-0.3, -0.25) is 4.98 Å². The van der Waals surface area contributed by atoms with Crippen molar-refractivity contribution in [3.63, 3.8) is 0 Å². The van der Waals surface area contributed by atoms with Gasteiger partial charge in [0.05, 0.1) is 5.69 Å². The fraction of sp³-hybridized carbons (Fsp3) is 0.214. The number of aromatic nitrogens is 1. The standard InChI is InChI=1S/C14H15ClN2S/c15-13-3-1-11(2-4-13)9-18-10-12-5-6-17-14(7-12)8-16/h1-7H,8-10,16H2. The molecule has 2 nitrogen and oxygen atoms in total. The van der Waals surface area contributed by atoms with Crippen LogP contribution < -0.4 is 5.73 Å². The van der Waals surface area contributed by atoms with E-state index in [0.29, 0.717) is 6.54 Å². The van der Waals surface area contributed by atoms with Gasteiger partial charge >= 0.3 is 0 Å². The Bertz CT molecular complexity index is 499. The minimum Gasteiger partial charge on any atom is -0.325 e. The summed E-state index contributed by atoms with van der Waals surface area (Å²) in [6.07, 6.45) is 1.82. The number of hydrogen-bond acceptors (Lipinski definition) is 3. The van der Waals surface area contributed by atoms with E-state index in [9.17, 15) is 0 Å². The van der Waals surface area contributed by atoms with Crippen molar-refractivity contribution in [1.29, 1.82) is 0 Å². The molecule has 0 atom stereocenters. The zero-order valence-corrected chi connectivity index (χ0v) is 11.5. The molecule has 2 N–H and O–H groups in total. The summed E-state index contributed by atoms with van der Waals surface area (Å²) in [4.78, 5) is 4.18. The second kappa shape index (κ2) is 6.78. The van der Waals surface area contributed by atoms with Crippen molar-refractivity contribution in [2.24, 2.45) is 5.73 Å². The zero-order valence-electron chi connectivity index (χ0n) is 9.97. The van der Waals surface area contributed by atoms with Crippen molar-refractivity contribution in [1.82, 2.24) is 4.98 Å². The van der Waals surface area contributed by atoms with E-state index >= 15 is 0 Å². The summed E-state index contributed by atoms with van der Waals surface area (Å²) in [5.41, 5.74) is 9.07. The third kappa shape index (κ3) is 4.02. The van der Waals surface area contributed by atoms with Gasteiger partial charge in [0.15, 0.2) is 0 Å². The molecule has 0 aliphatic carbocycles. The first kappa shape index (κ1) is 13.4. The number of pyridine rings is 1. The molecule has 1 aromatic heterocycles. The molecule has 0 unspecified atom stereocenters. The van der Waals surface area contributed by atoms with Crippen LogP contribution in [0.4, 0.5) is 0 Å². The summed E-state index contributed by atoms with van der Waals surface area (Å²) in [5.74, 6) is 1.95. The molecule has 0 aliphatic rings. The monoisotopic (exact) mass is 278 g/mol. The Labute approximate surface area is 117 Å². The van der Waals surface area contributed by atoms with Crippen LogP contribution in [0.3, 0.4) is 0 Å². The Hall–Kier alpha value is -1.03. The van der Waals surface area contributed by atoms with Gasteiger partial charge in [-0.2, -0.15) is 11.8 Å². The predicted molar refractivity (Wildman–Crippen MR) is 78.6 cm³/mol. The second-order valence-corrected chi connectivity index (χ2v) is 5.40. The van der Waals surface area contributed by atoms with E-state index in [0.717, 1.165) is 22.2 Å². The summed E-state index contributed by atoms with van der Waals surface area (Å²) in [5, 5.41) is 0.783. The van der Waals surface area contributed by atoms with Gasteiger partial charge in [0.1, 0.15) is 0 Å². The second-order valence-electron chi connectivity index (χ2n) is 3.98. The van der Waals surface area contributed by atoms with Crippen molar-refractivity contribution < 1.29 is 0 Å². The van der Waals surface area contributed by atoms with Crippen LogP contribution in [0.15, 0.2) is 42.6 Å². The fourth-order valence-corrected chi connectivity index (χ4v) is 2.67. The quantitative estimate of drug-likeness (QED) is 0.908. The highest BCUT2D eigenvalue weighted by molar-refractivity contribution is 7.97. The average Bonchev–Trinajstić information content (AvgIpc) is 2.41. The van der Waals surface area contributed by atoms with Gasteiger partial charge < -0.3 is 5.73 Å². The van der Waals surface area contributed by atoms with Gasteiger partial charge in [0.2, 0.25) is 0 Å². The van der Waals surface area contributed by atoms with Gasteiger partial charge in [-0.25, -0.2) is 0 Å². The average molecular weight is 279 g/mol. The van der Waals surface area contributed by atoms with E-state index in [1.165, 1.54) is 11.1 Å². The Kier molecular flexibility index (Phi) is 5.05. The van der Waals surface area contributed by atoms with E-state index in [1.807, 2.05) is 36.2 Å². The number of thioether (sulfide) groups is 1. The lowest BCUT2D eigenvalue weighted by Crippen LogP contribution is -1.99. The molecule has 2 rings (SSSR count). The fourth-order valence-electron chi connectivity index (χ4n) is 1.60. The molecule has 1 heterocycles. The Morgan fingerprint density at radius 3 is 2.50 bits per heavy atom. The smallest absolute Gasteiger partial charge is 0.0542 e. The summed E-state index contributed by atoms with van der Waals surface area (Å²) in [6, 6.07) is 12.1. The molecule has 0 saturated heterocycles. The zero-order chi connectivity index (χ0) is 12.8. The number of rotatable bonds is 5. The van der Waals surface area contributed by atoms with Crippen molar-refractivity contribution >= 4 is 23.4 Å². The minimum atomic E-state index is 0.496. The van der Waals surface area contributed by atoms with Crippen molar-refractivity contribution in [2.45, 2.75) is 18.1 Å². The molecule has 4 heteroatoms. The number of nitrogens with two attached hydrogens (primary N) is 1. The SMILES string of the molecule is NCc1cc(CSCc2ccc(Cl)cc2)ccn1. The molecule has 0 radical (unpaired) electrons. The van der Waals surface area contributed by atoms with Crippen LogP contribution in [-0.2, 0) is 18.1 Å². The molecule has 1 aromatic carbocycles. The summed E-state index contributed by atoms with van der Waals surface area (Å²) in [7, 11) is 0. The molecule has 0 aliphatic heterocycles. The molecular weight excluding hydrogens is 264 g/mol. The lowest BCUT2D eigenvalue weighted by atomic mass is 10.2. The predicted octanol–water partition coefficient (Wildman–Crippen LogP) is 3.63. The number of nitrogens with zero attached hydrogens (tertiary/aromatic N) is 1. The first-order chi connectivity index (χ1) is 8.78. The van der Waals surface area contributed by atoms with Crippen LogP contribution in [0.2, 0.25) is 5.02 Å². The van der Waals surface area contributed by atoms with Gasteiger partial charge in [-0.15, -0.1) is 0 Å². The number of halogens is 1. The van der Waals surface area contributed by atoms with E-state index in [-0.39, 0.29) is 0 Å². The van der Waals surface area contributed by atoms with Crippen molar-refractivity contribution in [3.05, 3.63) is 64.4 Å². The van der Waals surface area contributed by atoms with E-state index in [2.05, 4.69) is 23.2 Å². The molecule has 0 bridgehead atoms. The molecule has 0 spiro atoms. The van der Waals surface area contributed by atoms with E-state index in [4.69, 9.17) is 17.3 Å². The first-order valence-corrected chi connectivity index (χ1v) is 7.27. The van der Waals surface area contributed by atoms with E-state index < -0.39 is 0 Å². The van der Waals surface area contributed by atoms with Crippen LogP contribution in [0.1, 0.15) is 16.8 Å². The molecule has 18 heavy (non-hydrogen) atoms. The number of benzene rings is 1. The lowest BCUT2D eigenvalue weighted by Gasteiger charge is -2.04. The molecular formula is C14H15ClN2S. The van der Waals surface area contributed by atoms with Crippen molar-refractivity contribution in [2.75, 3.05) is 0 Å². The summed E-state index contributed by atoms with van der Waals surface area (Å²) >= 11 is 7.72. The maximum absolute atomic E-state index is 5.85. The van der Waals surface area contributed by atoms with Crippen molar-refractivity contribution in [3.8, 4) is 0 Å². The summed E-state index contributed by atoms with van der Waals surface area (Å²) < 4.78 is 0. The highest BCUT2D eigenvalue weighted by atomic mass is 35.5. The Morgan fingerprint density at radius 1 is 1.06 bits per heavy atom. The van der Waals surface area contributed by atoms with Gasteiger partial charge in [-0.05, 0) is 35.4 Å². The van der Waals surface area contributed by atoms with Crippen LogP contribution in [-0.4, -0.2) is 4.98 Å². The van der Waals surface area contributed by atoms with Crippen LogP contribution >= 0.6 is 23.4 Å². The van der Waals surface area contributed by atoms with Gasteiger partial charge in [0.25, 0.3) is 0 Å². The Balaban J connectivity index is 1.86. The third-order valence-corrected chi connectivity index (χ3v) is 3.87. The molecule has 0 amide bonds. The van der Waals surface area contributed by atoms with E-state index in [1.54, 1.807) is 0 Å². The maximum atomic E-state index is 5.85. The Morgan fingerprint density at radius 2 is 1.78 bits per heavy atom. The molecule has 0 saturated carbocycles. The van der Waals surface area contributed by atoms with Gasteiger partial charge in [0, 0.05) is 29.3 Å². The topological polar surface area (TPSA) is 38.9 Å². The minimum absolute atomic E-state index is 0.496. The molecule has 94 valence electrons.